The standard InChI is InChI=1S/C9H16N4/c1-6(10)5-8-11-9(13-12-8)7-3-2-4-7/h6-7H,2-5,10H2,1H3,(H,11,12,13)/t6-/m1/s1. The van der Waals surface area contributed by atoms with Crippen molar-refractivity contribution in [2.75, 3.05) is 0 Å². The molecule has 72 valence electrons. The van der Waals surface area contributed by atoms with Crippen LogP contribution >= 0.6 is 0 Å². The van der Waals surface area contributed by atoms with Crippen molar-refractivity contribution < 1.29 is 0 Å². The summed E-state index contributed by atoms with van der Waals surface area (Å²) in [4.78, 5) is 4.43. The highest BCUT2D eigenvalue weighted by atomic mass is 15.2. The van der Waals surface area contributed by atoms with E-state index in [2.05, 4.69) is 15.2 Å². The summed E-state index contributed by atoms with van der Waals surface area (Å²) in [6.45, 7) is 1.98. The van der Waals surface area contributed by atoms with E-state index >= 15 is 0 Å². The molecule has 1 atom stereocenters. The van der Waals surface area contributed by atoms with Gasteiger partial charge in [-0.25, -0.2) is 4.98 Å². The van der Waals surface area contributed by atoms with Gasteiger partial charge in [-0.1, -0.05) is 6.42 Å². The van der Waals surface area contributed by atoms with E-state index in [1.807, 2.05) is 6.92 Å². The average molecular weight is 180 g/mol. The molecule has 0 aliphatic heterocycles. The summed E-state index contributed by atoms with van der Waals surface area (Å²) in [5.74, 6) is 2.52. The highest BCUT2D eigenvalue weighted by Gasteiger charge is 2.23. The van der Waals surface area contributed by atoms with E-state index in [1.165, 1.54) is 19.3 Å². The average Bonchev–Trinajstić information content (AvgIpc) is 2.31. The summed E-state index contributed by atoms with van der Waals surface area (Å²) in [6, 6.07) is 0.155. The van der Waals surface area contributed by atoms with Gasteiger partial charge in [-0.05, 0) is 19.8 Å². The van der Waals surface area contributed by atoms with Crippen molar-refractivity contribution in [2.24, 2.45) is 5.73 Å². The Labute approximate surface area is 77.9 Å². The fourth-order valence-electron chi connectivity index (χ4n) is 1.56. The first kappa shape index (κ1) is 8.69. The van der Waals surface area contributed by atoms with Crippen LogP contribution in [0.25, 0.3) is 0 Å². The first-order chi connectivity index (χ1) is 6.25. The summed E-state index contributed by atoms with van der Waals surface area (Å²) < 4.78 is 0. The fraction of sp³-hybridized carbons (Fsp3) is 0.778. The van der Waals surface area contributed by atoms with Crippen LogP contribution in [0.3, 0.4) is 0 Å². The topological polar surface area (TPSA) is 67.6 Å². The summed E-state index contributed by atoms with van der Waals surface area (Å²) in [5, 5.41) is 7.14. The highest BCUT2D eigenvalue weighted by Crippen LogP contribution is 2.33. The van der Waals surface area contributed by atoms with Crippen LogP contribution in [-0.4, -0.2) is 21.2 Å². The lowest BCUT2D eigenvalue weighted by molar-refractivity contribution is 0.402. The van der Waals surface area contributed by atoms with Crippen LogP contribution in [0.2, 0.25) is 0 Å². The number of aromatic nitrogens is 3. The third-order valence-electron chi connectivity index (χ3n) is 2.53. The second-order valence-corrected chi connectivity index (χ2v) is 3.95. The molecule has 0 radical (unpaired) electrons. The molecule has 0 spiro atoms. The molecule has 0 bridgehead atoms. The lowest BCUT2D eigenvalue weighted by Gasteiger charge is -2.21. The molecule has 0 aromatic carbocycles. The molecular weight excluding hydrogens is 164 g/mol. The summed E-state index contributed by atoms with van der Waals surface area (Å²) in [6.07, 6.45) is 4.60. The molecule has 0 amide bonds. The zero-order valence-electron chi connectivity index (χ0n) is 7.95. The van der Waals surface area contributed by atoms with Crippen LogP contribution in [-0.2, 0) is 6.42 Å². The Kier molecular flexibility index (Phi) is 2.31. The molecule has 1 aliphatic carbocycles. The normalized spacial score (nSPS) is 19.8. The van der Waals surface area contributed by atoms with Gasteiger partial charge in [0.05, 0.1) is 0 Å². The molecule has 1 aromatic heterocycles. The SMILES string of the molecule is C[C@@H](N)Cc1nc(C2CCC2)n[nH]1. The van der Waals surface area contributed by atoms with Crippen molar-refractivity contribution in [3.63, 3.8) is 0 Å². The fourth-order valence-corrected chi connectivity index (χ4v) is 1.56. The van der Waals surface area contributed by atoms with Gasteiger partial charge in [0.25, 0.3) is 0 Å². The first-order valence-electron chi connectivity index (χ1n) is 4.92. The van der Waals surface area contributed by atoms with Crippen molar-refractivity contribution in [3.8, 4) is 0 Å². The maximum Gasteiger partial charge on any atom is 0.153 e. The molecule has 4 heteroatoms. The first-order valence-corrected chi connectivity index (χ1v) is 4.92. The van der Waals surface area contributed by atoms with Gasteiger partial charge in [-0.3, -0.25) is 5.10 Å². The Morgan fingerprint density at radius 3 is 2.92 bits per heavy atom. The number of H-pyrrole nitrogens is 1. The maximum absolute atomic E-state index is 5.67. The minimum atomic E-state index is 0.155. The number of hydrogen-bond acceptors (Lipinski definition) is 3. The number of hydrogen-bond donors (Lipinski definition) is 2. The van der Waals surface area contributed by atoms with E-state index in [1.54, 1.807) is 0 Å². The van der Waals surface area contributed by atoms with Crippen LogP contribution in [0.4, 0.5) is 0 Å². The molecule has 1 saturated carbocycles. The lowest BCUT2D eigenvalue weighted by Crippen LogP contribution is -2.18. The van der Waals surface area contributed by atoms with Crippen LogP contribution < -0.4 is 5.73 Å². The van der Waals surface area contributed by atoms with Gasteiger partial charge < -0.3 is 5.73 Å². The summed E-state index contributed by atoms with van der Waals surface area (Å²) in [7, 11) is 0. The van der Waals surface area contributed by atoms with E-state index < -0.39 is 0 Å². The van der Waals surface area contributed by atoms with E-state index in [4.69, 9.17) is 5.73 Å². The Bertz CT molecular complexity index is 275. The van der Waals surface area contributed by atoms with Crippen molar-refractivity contribution >= 4 is 0 Å². The van der Waals surface area contributed by atoms with Gasteiger partial charge in [0.2, 0.25) is 0 Å². The third kappa shape index (κ3) is 1.88. The number of rotatable bonds is 3. The van der Waals surface area contributed by atoms with Gasteiger partial charge in [0.15, 0.2) is 5.82 Å². The van der Waals surface area contributed by atoms with Crippen molar-refractivity contribution in [2.45, 2.75) is 44.6 Å². The molecule has 1 heterocycles. The lowest BCUT2D eigenvalue weighted by atomic mass is 9.85. The van der Waals surface area contributed by atoms with Crippen molar-refractivity contribution in [1.82, 2.24) is 15.2 Å². The second-order valence-electron chi connectivity index (χ2n) is 3.95. The van der Waals surface area contributed by atoms with Crippen molar-refractivity contribution in [1.29, 1.82) is 0 Å². The molecule has 1 aromatic rings. The smallest absolute Gasteiger partial charge is 0.153 e. The Morgan fingerprint density at radius 1 is 1.62 bits per heavy atom. The zero-order valence-corrected chi connectivity index (χ0v) is 7.95. The molecule has 3 N–H and O–H groups in total. The van der Waals surface area contributed by atoms with E-state index in [9.17, 15) is 0 Å². The molecule has 4 nitrogen and oxygen atoms in total. The molecule has 0 unspecified atom stereocenters. The van der Waals surface area contributed by atoms with Gasteiger partial charge in [0, 0.05) is 18.4 Å². The van der Waals surface area contributed by atoms with Crippen LogP contribution in [0.1, 0.15) is 43.8 Å². The van der Waals surface area contributed by atoms with E-state index in [0.717, 1.165) is 18.1 Å². The quantitative estimate of drug-likeness (QED) is 0.728. The van der Waals surface area contributed by atoms with E-state index in [-0.39, 0.29) is 6.04 Å². The zero-order chi connectivity index (χ0) is 9.26. The minimum absolute atomic E-state index is 0.155. The predicted octanol–water partition coefficient (Wildman–Crippen LogP) is 0.962. The Hall–Kier alpha value is -0.900. The summed E-state index contributed by atoms with van der Waals surface area (Å²) in [5.41, 5.74) is 5.67. The van der Waals surface area contributed by atoms with Crippen molar-refractivity contribution in [3.05, 3.63) is 11.6 Å². The number of aromatic amines is 1. The minimum Gasteiger partial charge on any atom is -0.328 e. The Morgan fingerprint density at radius 2 is 2.38 bits per heavy atom. The number of nitrogens with one attached hydrogen (secondary N) is 1. The molecule has 0 saturated heterocycles. The van der Waals surface area contributed by atoms with Crippen LogP contribution in [0.5, 0.6) is 0 Å². The summed E-state index contributed by atoms with van der Waals surface area (Å²) >= 11 is 0. The third-order valence-corrected chi connectivity index (χ3v) is 2.53. The monoisotopic (exact) mass is 180 g/mol. The van der Waals surface area contributed by atoms with E-state index in [0.29, 0.717) is 5.92 Å². The van der Waals surface area contributed by atoms with Gasteiger partial charge in [-0.2, -0.15) is 5.10 Å². The van der Waals surface area contributed by atoms with Gasteiger partial charge in [-0.15, -0.1) is 0 Å². The van der Waals surface area contributed by atoms with Gasteiger partial charge in [0.1, 0.15) is 5.82 Å². The maximum atomic E-state index is 5.67. The second kappa shape index (κ2) is 3.46. The van der Waals surface area contributed by atoms with Crippen LogP contribution in [0, 0.1) is 0 Å². The largest absolute Gasteiger partial charge is 0.328 e. The molecule has 1 fully saturated rings. The van der Waals surface area contributed by atoms with Crippen LogP contribution in [0.15, 0.2) is 0 Å². The highest BCUT2D eigenvalue weighted by molar-refractivity contribution is 5.02. The molecule has 2 rings (SSSR count). The molecular formula is C9H16N4. The molecule has 1 aliphatic rings. The predicted molar refractivity (Wildman–Crippen MR) is 50.3 cm³/mol. The number of nitrogens with two attached hydrogens (primary N) is 1. The number of nitrogens with zero attached hydrogens (tertiary/aromatic N) is 2. The Balaban J connectivity index is 2.00. The van der Waals surface area contributed by atoms with Gasteiger partial charge >= 0.3 is 0 Å². The molecule has 13 heavy (non-hydrogen) atoms.